The van der Waals surface area contributed by atoms with Crippen molar-refractivity contribution in [1.82, 2.24) is 10.2 Å². The van der Waals surface area contributed by atoms with Crippen molar-refractivity contribution < 1.29 is 4.79 Å². The maximum Gasteiger partial charge on any atom is 0.226 e. The Morgan fingerprint density at radius 2 is 1.73 bits per heavy atom. The Kier molecular flexibility index (Phi) is 5.80. The molecule has 0 fully saturated rings. The third-order valence-corrected chi connectivity index (χ3v) is 2.35. The van der Waals surface area contributed by atoms with Crippen molar-refractivity contribution in [2.24, 2.45) is 5.41 Å². The average Bonchev–Trinajstić information content (AvgIpc) is 2.02. The topological polar surface area (TPSA) is 32.3 Å². The summed E-state index contributed by atoms with van der Waals surface area (Å²) in [5, 5.41) is 3.29. The molecular formula is C11H22N2OS. The maximum absolute atomic E-state index is 11.6. The van der Waals surface area contributed by atoms with Crippen LogP contribution in [0, 0.1) is 5.41 Å². The number of carbonyl (C=O) groups excluding carboxylic acids is 1. The van der Waals surface area contributed by atoms with Crippen molar-refractivity contribution >= 4 is 23.2 Å². The fourth-order valence-electron chi connectivity index (χ4n) is 1.24. The Hall–Kier alpha value is -0.640. The van der Waals surface area contributed by atoms with E-state index in [1.165, 1.54) is 0 Å². The lowest BCUT2D eigenvalue weighted by Crippen LogP contribution is -2.43. The number of amides is 1. The number of hydrogen-bond acceptors (Lipinski definition) is 2. The van der Waals surface area contributed by atoms with Gasteiger partial charge in [-0.2, -0.15) is 0 Å². The molecule has 0 saturated heterocycles. The monoisotopic (exact) mass is 230 g/mol. The van der Waals surface area contributed by atoms with Crippen molar-refractivity contribution in [2.45, 2.75) is 41.0 Å². The van der Waals surface area contributed by atoms with Gasteiger partial charge in [-0.25, -0.2) is 0 Å². The van der Waals surface area contributed by atoms with Crippen LogP contribution in [0.2, 0.25) is 0 Å². The van der Waals surface area contributed by atoms with Crippen LogP contribution in [0.1, 0.15) is 41.0 Å². The molecule has 0 heterocycles. The van der Waals surface area contributed by atoms with E-state index in [0.717, 1.165) is 13.1 Å². The molecule has 0 aliphatic carbocycles. The Bertz CT molecular complexity index is 229. The number of carbonyl (C=O) groups is 1. The molecule has 0 saturated carbocycles. The second-order valence-electron chi connectivity index (χ2n) is 4.76. The lowest BCUT2D eigenvalue weighted by molar-refractivity contribution is -0.121. The van der Waals surface area contributed by atoms with Gasteiger partial charge in [0.05, 0.1) is 0 Å². The van der Waals surface area contributed by atoms with E-state index in [2.05, 4.69) is 5.32 Å². The zero-order valence-corrected chi connectivity index (χ0v) is 11.2. The van der Waals surface area contributed by atoms with E-state index in [4.69, 9.17) is 12.2 Å². The highest BCUT2D eigenvalue weighted by atomic mass is 32.1. The Labute approximate surface area is 98.2 Å². The summed E-state index contributed by atoms with van der Waals surface area (Å²) in [5.74, 6) is -0.000556. The molecule has 4 heteroatoms. The van der Waals surface area contributed by atoms with Gasteiger partial charge in [0.25, 0.3) is 0 Å². The van der Waals surface area contributed by atoms with E-state index in [0.29, 0.717) is 11.5 Å². The van der Waals surface area contributed by atoms with Gasteiger partial charge in [-0.3, -0.25) is 4.79 Å². The summed E-state index contributed by atoms with van der Waals surface area (Å²) in [7, 11) is 0. The first-order valence-electron chi connectivity index (χ1n) is 5.39. The summed E-state index contributed by atoms with van der Waals surface area (Å²) >= 11 is 5.13. The predicted molar refractivity (Wildman–Crippen MR) is 67.7 cm³/mol. The second kappa shape index (κ2) is 6.05. The van der Waals surface area contributed by atoms with E-state index in [1.54, 1.807) is 0 Å². The van der Waals surface area contributed by atoms with Gasteiger partial charge < -0.3 is 10.2 Å². The molecule has 1 amide bonds. The Balaban J connectivity index is 4.13. The first-order valence-corrected chi connectivity index (χ1v) is 5.79. The summed E-state index contributed by atoms with van der Waals surface area (Å²) in [5.41, 5.74) is 0.00293. The molecule has 1 N–H and O–H groups in total. The second-order valence-corrected chi connectivity index (χ2v) is 5.15. The Morgan fingerprint density at radius 1 is 1.27 bits per heavy atom. The largest absolute Gasteiger partial charge is 0.350 e. The quantitative estimate of drug-likeness (QED) is 0.754. The van der Waals surface area contributed by atoms with Crippen molar-refractivity contribution in [3.8, 4) is 0 Å². The van der Waals surface area contributed by atoms with E-state index < -0.39 is 0 Å². The molecule has 0 bridgehead atoms. The number of rotatable bonds is 3. The van der Waals surface area contributed by atoms with Gasteiger partial charge in [-0.1, -0.05) is 20.8 Å². The number of nitrogens with zero attached hydrogens (tertiary/aromatic N) is 1. The molecule has 0 radical (unpaired) electrons. The average molecular weight is 230 g/mol. The SMILES string of the molecule is CCN(CC)C(=S)NC(=O)CC(C)(C)C. The molecule has 0 spiro atoms. The molecule has 0 aromatic heterocycles. The standard InChI is InChI=1S/C11H22N2OS/c1-6-13(7-2)10(15)12-9(14)8-11(3,4)5/h6-8H2,1-5H3,(H,12,14,15). The highest BCUT2D eigenvalue weighted by Gasteiger charge is 2.17. The molecule has 0 aromatic carbocycles. The summed E-state index contributed by atoms with van der Waals surface area (Å²) in [6.07, 6.45) is 0.494. The molecule has 0 atom stereocenters. The Morgan fingerprint density at radius 3 is 2.07 bits per heavy atom. The highest BCUT2D eigenvalue weighted by Crippen LogP contribution is 2.17. The lowest BCUT2D eigenvalue weighted by atomic mass is 9.92. The smallest absolute Gasteiger partial charge is 0.226 e. The van der Waals surface area contributed by atoms with Crippen molar-refractivity contribution in [3.63, 3.8) is 0 Å². The van der Waals surface area contributed by atoms with Crippen LogP contribution in [0.25, 0.3) is 0 Å². The molecular weight excluding hydrogens is 208 g/mol. The lowest BCUT2D eigenvalue weighted by Gasteiger charge is -2.23. The molecule has 3 nitrogen and oxygen atoms in total. The van der Waals surface area contributed by atoms with Crippen molar-refractivity contribution in [3.05, 3.63) is 0 Å². The summed E-state index contributed by atoms with van der Waals surface area (Å²) < 4.78 is 0. The first kappa shape index (κ1) is 14.4. The summed E-state index contributed by atoms with van der Waals surface area (Å²) in [6.45, 7) is 11.8. The van der Waals surface area contributed by atoms with Crippen LogP contribution in [0.15, 0.2) is 0 Å². The third kappa shape index (κ3) is 6.44. The van der Waals surface area contributed by atoms with Gasteiger partial charge in [-0.15, -0.1) is 0 Å². The van der Waals surface area contributed by atoms with Gasteiger partial charge in [-0.05, 0) is 31.5 Å². The minimum absolute atomic E-state index is 0.000556. The number of thiocarbonyl (C=S) groups is 1. The van der Waals surface area contributed by atoms with Gasteiger partial charge >= 0.3 is 0 Å². The number of nitrogens with one attached hydrogen (secondary N) is 1. The molecule has 0 rings (SSSR count). The minimum Gasteiger partial charge on any atom is -0.350 e. The predicted octanol–water partition coefficient (Wildman–Crippen LogP) is 2.17. The third-order valence-electron chi connectivity index (χ3n) is 1.99. The fourth-order valence-corrected chi connectivity index (χ4v) is 1.61. The van der Waals surface area contributed by atoms with Gasteiger partial charge in [0.1, 0.15) is 0 Å². The molecule has 0 aliphatic heterocycles. The summed E-state index contributed by atoms with van der Waals surface area (Å²) in [4.78, 5) is 13.5. The van der Waals surface area contributed by atoms with Crippen LogP contribution in [-0.4, -0.2) is 29.0 Å². The zero-order valence-electron chi connectivity index (χ0n) is 10.4. The normalized spacial score (nSPS) is 11.0. The molecule has 0 unspecified atom stereocenters. The number of hydrogen-bond donors (Lipinski definition) is 1. The van der Waals surface area contributed by atoms with Gasteiger partial charge in [0, 0.05) is 19.5 Å². The summed E-state index contributed by atoms with van der Waals surface area (Å²) in [6, 6.07) is 0. The van der Waals surface area contributed by atoms with Gasteiger partial charge in [0.15, 0.2) is 5.11 Å². The van der Waals surface area contributed by atoms with Crippen LogP contribution in [-0.2, 0) is 4.79 Å². The van der Waals surface area contributed by atoms with Crippen LogP contribution >= 0.6 is 12.2 Å². The molecule has 0 aromatic rings. The van der Waals surface area contributed by atoms with Crippen LogP contribution in [0.5, 0.6) is 0 Å². The molecule has 15 heavy (non-hydrogen) atoms. The fraction of sp³-hybridized carbons (Fsp3) is 0.818. The van der Waals surface area contributed by atoms with E-state index in [-0.39, 0.29) is 11.3 Å². The molecule has 0 aliphatic rings. The van der Waals surface area contributed by atoms with E-state index in [1.807, 2.05) is 39.5 Å². The van der Waals surface area contributed by atoms with E-state index in [9.17, 15) is 4.79 Å². The zero-order chi connectivity index (χ0) is 12.1. The maximum atomic E-state index is 11.6. The van der Waals surface area contributed by atoms with E-state index >= 15 is 0 Å². The van der Waals surface area contributed by atoms with Crippen molar-refractivity contribution in [1.29, 1.82) is 0 Å². The van der Waals surface area contributed by atoms with Crippen LogP contribution < -0.4 is 5.32 Å². The van der Waals surface area contributed by atoms with Crippen molar-refractivity contribution in [2.75, 3.05) is 13.1 Å². The highest BCUT2D eigenvalue weighted by molar-refractivity contribution is 7.80. The van der Waals surface area contributed by atoms with Crippen LogP contribution in [0.4, 0.5) is 0 Å². The first-order chi connectivity index (χ1) is 6.80. The van der Waals surface area contributed by atoms with Gasteiger partial charge in [0.2, 0.25) is 5.91 Å². The molecule has 88 valence electrons. The van der Waals surface area contributed by atoms with Crippen LogP contribution in [0.3, 0.4) is 0 Å². The minimum atomic E-state index is -0.000556.